The molecule has 2 heterocycles. The van der Waals surface area contributed by atoms with Gasteiger partial charge >= 0.3 is 6.03 Å². The van der Waals surface area contributed by atoms with E-state index >= 15 is 0 Å². The van der Waals surface area contributed by atoms with Crippen LogP contribution < -0.4 is 15.0 Å². The summed E-state index contributed by atoms with van der Waals surface area (Å²) in [5.41, 5.74) is 2.63. The Morgan fingerprint density at radius 1 is 1.19 bits per heavy atom. The summed E-state index contributed by atoms with van der Waals surface area (Å²) in [6.45, 7) is 4.28. The number of benzene rings is 2. The molecule has 0 bridgehead atoms. The number of aryl methyl sites for hydroxylation is 1. The average Bonchev–Trinajstić information content (AvgIpc) is 3.28. The Kier molecular flexibility index (Phi) is 6.26. The second-order valence-electron chi connectivity index (χ2n) is 7.52. The summed E-state index contributed by atoms with van der Waals surface area (Å²) in [4.78, 5) is 20.8. The summed E-state index contributed by atoms with van der Waals surface area (Å²) < 4.78 is 11.2. The highest BCUT2D eigenvalue weighted by atomic mass is 16.5. The Morgan fingerprint density at radius 3 is 2.56 bits per heavy atom. The van der Waals surface area contributed by atoms with Gasteiger partial charge in [-0.1, -0.05) is 30.3 Å². The van der Waals surface area contributed by atoms with E-state index in [-0.39, 0.29) is 6.03 Å². The number of nitrogens with zero attached hydrogens (tertiary/aromatic N) is 4. The molecule has 0 spiro atoms. The Morgan fingerprint density at radius 2 is 1.94 bits per heavy atom. The average molecular weight is 431 g/mol. The van der Waals surface area contributed by atoms with Gasteiger partial charge in [-0.15, -0.1) is 0 Å². The molecule has 1 fully saturated rings. The van der Waals surface area contributed by atoms with Crippen LogP contribution in [-0.2, 0) is 0 Å². The number of carbonyl (C=O) groups excluding carboxylic acids is 1. The van der Waals surface area contributed by atoms with Crippen molar-refractivity contribution in [1.29, 1.82) is 5.26 Å². The fourth-order valence-corrected chi connectivity index (χ4v) is 3.78. The number of hydrogen-bond acceptors (Lipinski definition) is 6. The van der Waals surface area contributed by atoms with Gasteiger partial charge in [0.05, 0.1) is 24.9 Å². The van der Waals surface area contributed by atoms with E-state index in [9.17, 15) is 10.1 Å². The Balaban J connectivity index is 1.39. The predicted octanol–water partition coefficient (Wildman–Crippen LogP) is 3.76. The molecule has 4 rings (SSSR count). The molecular formula is C24H25N5O3. The number of piperazine rings is 1. The van der Waals surface area contributed by atoms with Crippen LogP contribution in [-0.4, -0.2) is 49.2 Å². The third-order valence-corrected chi connectivity index (χ3v) is 5.53. The molecule has 2 amide bonds. The van der Waals surface area contributed by atoms with Crippen molar-refractivity contribution in [2.24, 2.45) is 0 Å². The van der Waals surface area contributed by atoms with Gasteiger partial charge in [0.15, 0.2) is 11.7 Å². The molecule has 0 aliphatic carbocycles. The number of oxazole rings is 1. The smallest absolute Gasteiger partial charge is 0.318 e. The fourth-order valence-electron chi connectivity index (χ4n) is 3.78. The standard InChI is InChI=1S/C24H25N5O3/c1-17-26-16-23(32-17)20-9-8-19(14-22(20)31-2)28-10-12-29(13-11-28)24(30)27-21(15-25)18-6-4-3-5-7-18/h3-9,14,16,21H,10-13H2,1-2H3,(H,27,30). The third-order valence-electron chi connectivity index (χ3n) is 5.53. The maximum Gasteiger partial charge on any atom is 0.318 e. The molecule has 1 aliphatic heterocycles. The number of carbonyl (C=O) groups is 1. The molecule has 164 valence electrons. The predicted molar refractivity (Wildman–Crippen MR) is 120 cm³/mol. The number of methoxy groups -OCH3 is 1. The Hall–Kier alpha value is -3.99. The number of nitriles is 1. The number of amides is 2. The SMILES string of the molecule is COc1cc(N2CCN(C(=O)NC(C#N)c3ccccc3)CC2)ccc1-c1cnc(C)o1. The molecule has 1 N–H and O–H groups in total. The summed E-state index contributed by atoms with van der Waals surface area (Å²) in [7, 11) is 1.63. The Bertz CT molecular complexity index is 1110. The largest absolute Gasteiger partial charge is 0.496 e. The zero-order valence-electron chi connectivity index (χ0n) is 18.1. The molecule has 1 aromatic heterocycles. The summed E-state index contributed by atoms with van der Waals surface area (Å²) in [6.07, 6.45) is 1.69. The zero-order chi connectivity index (χ0) is 22.5. The van der Waals surface area contributed by atoms with Gasteiger partial charge < -0.3 is 24.3 Å². The second-order valence-corrected chi connectivity index (χ2v) is 7.52. The van der Waals surface area contributed by atoms with Crippen LogP contribution in [0.4, 0.5) is 10.5 Å². The van der Waals surface area contributed by atoms with E-state index in [2.05, 4.69) is 21.3 Å². The molecule has 32 heavy (non-hydrogen) atoms. The minimum atomic E-state index is -0.668. The van der Waals surface area contributed by atoms with E-state index in [1.54, 1.807) is 25.1 Å². The van der Waals surface area contributed by atoms with Crippen LogP contribution in [0.25, 0.3) is 11.3 Å². The van der Waals surface area contributed by atoms with Crippen molar-refractivity contribution in [3.05, 3.63) is 66.2 Å². The monoisotopic (exact) mass is 431 g/mol. The van der Waals surface area contributed by atoms with Gasteiger partial charge in [-0.2, -0.15) is 5.26 Å². The molecular weight excluding hydrogens is 406 g/mol. The molecule has 1 atom stereocenters. The zero-order valence-corrected chi connectivity index (χ0v) is 18.1. The van der Waals surface area contributed by atoms with Gasteiger partial charge in [-0.3, -0.25) is 0 Å². The van der Waals surface area contributed by atoms with Crippen molar-refractivity contribution in [3.63, 3.8) is 0 Å². The van der Waals surface area contributed by atoms with Gasteiger partial charge in [-0.25, -0.2) is 9.78 Å². The van der Waals surface area contributed by atoms with Gasteiger partial charge in [0.1, 0.15) is 11.8 Å². The molecule has 1 unspecified atom stereocenters. The number of anilines is 1. The lowest BCUT2D eigenvalue weighted by molar-refractivity contribution is 0.192. The van der Waals surface area contributed by atoms with Crippen molar-refractivity contribution in [2.45, 2.75) is 13.0 Å². The molecule has 0 radical (unpaired) electrons. The number of rotatable bonds is 5. The lowest BCUT2D eigenvalue weighted by atomic mass is 10.1. The highest BCUT2D eigenvalue weighted by molar-refractivity contribution is 5.76. The maximum atomic E-state index is 12.7. The minimum Gasteiger partial charge on any atom is -0.496 e. The number of hydrogen-bond donors (Lipinski definition) is 1. The lowest BCUT2D eigenvalue weighted by Gasteiger charge is -2.36. The number of nitrogens with one attached hydrogen (secondary N) is 1. The van der Waals surface area contributed by atoms with E-state index in [4.69, 9.17) is 9.15 Å². The quantitative estimate of drug-likeness (QED) is 0.661. The minimum absolute atomic E-state index is 0.228. The molecule has 3 aromatic rings. The van der Waals surface area contributed by atoms with E-state index < -0.39 is 6.04 Å². The van der Waals surface area contributed by atoms with Crippen LogP contribution in [0, 0.1) is 18.3 Å². The highest BCUT2D eigenvalue weighted by Crippen LogP contribution is 2.34. The summed E-state index contributed by atoms with van der Waals surface area (Å²) >= 11 is 0. The molecule has 1 saturated heterocycles. The molecule has 2 aromatic carbocycles. The van der Waals surface area contributed by atoms with E-state index in [1.165, 1.54) is 0 Å². The van der Waals surface area contributed by atoms with E-state index in [0.29, 0.717) is 43.6 Å². The van der Waals surface area contributed by atoms with E-state index in [1.807, 2.05) is 48.5 Å². The molecule has 1 aliphatic rings. The second kappa shape index (κ2) is 9.43. The summed E-state index contributed by atoms with van der Waals surface area (Å²) in [5, 5.41) is 12.3. The van der Waals surface area contributed by atoms with Crippen LogP contribution in [0.15, 0.2) is 59.1 Å². The lowest BCUT2D eigenvalue weighted by Crippen LogP contribution is -2.52. The first-order valence-electron chi connectivity index (χ1n) is 10.4. The van der Waals surface area contributed by atoms with Crippen molar-refractivity contribution < 1.29 is 13.9 Å². The highest BCUT2D eigenvalue weighted by Gasteiger charge is 2.24. The Labute approximate surface area is 187 Å². The van der Waals surface area contributed by atoms with Crippen molar-refractivity contribution in [2.75, 3.05) is 38.2 Å². The van der Waals surface area contributed by atoms with Crippen LogP contribution >= 0.6 is 0 Å². The van der Waals surface area contributed by atoms with Crippen LogP contribution in [0.3, 0.4) is 0 Å². The fraction of sp³-hybridized carbons (Fsp3) is 0.292. The van der Waals surface area contributed by atoms with Crippen molar-refractivity contribution in [3.8, 4) is 23.1 Å². The van der Waals surface area contributed by atoms with Crippen LogP contribution in [0.2, 0.25) is 0 Å². The molecule has 8 nitrogen and oxygen atoms in total. The number of aromatic nitrogens is 1. The van der Waals surface area contributed by atoms with Gasteiger partial charge in [0.25, 0.3) is 0 Å². The van der Waals surface area contributed by atoms with E-state index in [0.717, 1.165) is 16.8 Å². The maximum absolute atomic E-state index is 12.7. The number of urea groups is 1. The van der Waals surface area contributed by atoms with Gasteiger partial charge in [0.2, 0.25) is 0 Å². The first-order chi connectivity index (χ1) is 15.6. The summed E-state index contributed by atoms with van der Waals surface area (Å²) in [5.74, 6) is 1.97. The third kappa shape index (κ3) is 4.52. The first-order valence-corrected chi connectivity index (χ1v) is 10.4. The summed E-state index contributed by atoms with van der Waals surface area (Å²) in [6, 6.07) is 16.5. The normalized spacial score (nSPS) is 14.5. The first kappa shape index (κ1) is 21.2. The van der Waals surface area contributed by atoms with Gasteiger partial charge in [-0.05, 0) is 17.7 Å². The number of ether oxygens (including phenoxy) is 1. The van der Waals surface area contributed by atoms with Gasteiger partial charge in [0, 0.05) is 44.9 Å². The van der Waals surface area contributed by atoms with Crippen molar-refractivity contribution in [1.82, 2.24) is 15.2 Å². The van der Waals surface area contributed by atoms with Crippen LogP contribution in [0.1, 0.15) is 17.5 Å². The van der Waals surface area contributed by atoms with Crippen LogP contribution in [0.5, 0.6) is 5.75 Å². The molecule has 8 heteroatoms. The van der Waals surface area contributed by atoms with Crippen molar-refractivity contribution >= 4 is 11.7 Å². The molecule has 0 saturated carbocycles. The topological polar surface area (TPSA) is 94.6 Å².